The van der Waals surface area contributed by atoms with E-state index >= 15 is 0 Å². The summed E-state index contributed by atoms with van der Waals surface area (Å²) in [6.45, 7) is 2.28. The molecule has 1 atom stereocenters. The third-order valence-electron chi connectivity index (χ3n) is 3.16. The van der Waals surface area contributed by atoms with E-state index in [1.54, 1.807) is 0 Å². The Balaban J connectivity index is 1.69. The van der Waals surface area contributed by atoms with Crippen molar-refractivity contribution < 1.29 is 18.8 Å². The zero-order valence-electron chi connectivity index (χ0n) is 11.7. The highest BCUT2D eigenvalue weighted by atomic mass is 16.6. The van der Waals surface area contributed by atoms with E-state index in [4.69, 9.17) is 14.0 Å². The molecule has 1 aromatic carbocycles. The molecule has 1 aromatic heterocycles. The summed E-state index contributed by atoms with van der Waals surface area (Å²) in [5, 5.41) is 3.88. The van der Waals surface area contributed by atoms with E-state index in [9.17, 15) is 4.79 Å². The number of fused-ring (bicyclic) bond motifs is 1. The number of benzene rings is 1. The number of carbonyl (C=O) groups is 1. The van der Waals surface area contributed by atoms with Crippen LogP contribution in [0.4, 0.5) is 0 Å². The van der Waals surface area contributed by atoms with Crippen LogP contribution in [0.15, 0.2) is 28.8 Å². The van der Waals surface area contributed by atoms with E-state index in [1.807, 2.05) is 31.2 Å². The Bertz CT molecular complexity index is 638. The van der Waals surface area contributed by atoms with Crippen molar-refractivity contribution >= 4 is 5.78 Å². The van der Waals surface area contributed by atoms with Crippen molar-refractivity contribution in [3.63, 3.8) is 0 Å². The van der Waals surface area contributed by atoms with E-state index in [1.165, 1.54) is 0 Å². The molecule has 1 unspecified atom stereocenters. The number of rotatable bonds is 5. The topological polar surface area (TPSA) is 74.5 Å². The summed E-state index contributed by atoms with van der Waals surface area (Å²) in [5.41, 5.74) is 0. The summed E-state index contributed by atoms with van der Waals surface area (Å²) in [5.74, 6) is 2.19. The number of carbonyl (C=O) groups excluding carboxylic acids is 1. The summed E-state index contributed by atoms with van der Waals surface area (Å²) in [7, 11) is 0. The van der Waals surface area contributed by atoms with Gasteiger partial charge in [-0.2, -0.15) is 4.98 Å². The number of para-hydroxylation sites is 2. The Morgan fingerprint density at radius 1 is 1.33 bits per heavy atom. The summed E-state index contributed by atoms with van der Waals surface area (Å²) in [6.07, 6.45) is 1.09. The van der Waals surface area contributed by atoms with E-state index in [0.29, 0.717) is 36.2 Å². The van der Waals surface area contributed by atoms with Gasteiger partial charge in [0.05, 0.1) is 6.42 Å². The monoisotopic (exact) mass is 288 g/mol. The van der Waals surface area contributed by atoms with E-state index < -0.39 is 6.10 Å². The highest BCUT2D eigenvalue weighted by Crippen LogP contribution is 2.35. The van der Waals surface area contributed by atoms with Gasteiger partial charge in [0.15, 0.2) is 17.6 Å². The summed E-state index contributed by atoms with van der Waals surface area (Å²) in [6, 6.07) is 7.42. The number of nitrogens with zero attached hydrogens (tertiary/aromatic N) is 2. The van der Waals surface area contributed by atoms with E-state index in [2.05, 4.69) is 10.1 Å². The number of aromatic nitrogens is 2. The van der Waals surface area contributed by atoms with Crippen LogP contribution in [0.2, 0.25) is 0 Å². The molecule has 3 rings (SSSR count). The average Bonchev–Trinajstić information content (AvgIpc) is 2.95. The van der Waals surface area contributed by atoms with Gasteiger partial charge in [-0.1, -0.05) is 24.2 Å². The molecule has 6 heteroatoms. The number of ketones is 1. The molecule has 0 radical (unpaired) electrons. The van der Waals surface area contributed by atoms with Crippen LogP contribution in [0.1, 0.15) is 37.6 Å². The average molecular weight is 288 g/mol. The van der Waals surface area contributed by atoms with Crippen LogP contribution >= 0.6 is 0 Å². The molecule has 1 aliphatic heterocycles. The fourth-order valence-electron chi connectivity index (χ4n) is 2.15. The standard InChI is InChI=1S/C15H16N2O4/c1-2-5-10(18)8-14-16-15(17-21-14)13-9-19-11-6-3-4-7-12(11)20-13/h3-4,6-7,13H,2,5,8-9H2,1H3. The maximum Gasteiger partial charge on any atom is 0.234 e. The van der Waals surface area contributed by atoms with Crippen LogP contribution in [0.5, 0.6) is 11.5 Å². The molecule has 2 aromatic rings. The second-order valence-corrected chi connectivity index (χ2v) is 4.88. The predicted molar refractivity (Wildman–Crippen MR) is 73.2 cm³/mol. The first-order valence-electron chi connectivity index (χ1n) is 6.99. The van der Waals surface area contributed by atoms with Gasteiger partial charge in [-0.25, -0.2) is 0 Å². The molecule has 0 saturated carbocycles. The maximum atomic E-state index is 11.6. The number of hydrogen-bond donors (Lipinski definition) is 0. The van der Waals surface area contributed by atoms with Crippen molar-refractivity contribution in [1.82, 2.24) is 10.1 Å². The van der Waals surface area contributed by atoms with Crippen LogP contribution in [-0.4, -0.2) is 22.5 Å². The Hall–Kier alpha value is -2.37. The summed E-state index contributed by atoms with van der Waals surface area (Å²) < 4.78 is 16.5. The minimum absolute atomic E-state index is 0.0962. The van der Waals surface area contributed by atoms with Gasteiger partial charge in [-0.15, -0.1) is 0 Å². The minimum Gasteiger partial charge on any atom is -0.485 e. The molecule has 6 nitrogen and oxygen atoms in total. The SMILES string of the molecule is CCCC(=O)Cc1nc(C2COc3ccccc3O2)no1. The van der Waals surface area contributed by atoms with Gasteiger partial charge in [0.25, 0.3) is 0 Å². The molecule has 1 aliphatic rings. The predicted octanol–water partition coefficient (Wildman–Crippen LogP) is 2.49. The molecular weight excluding hydrogens is 272 g/mol. The van der Waals surface area contributed by atoms with Crippen molar-refractivity contribution in [1.29, 1.82) is 0 Å². The summed E-state index contributed by atoms with van der Waals surface area (Å²) in [4.78, 5) is 15.8. The first kappa shape index (κ1) is 13.6. The molecule has 0 saturated heterocycles. The minimum atomic E-state index is -0.418. The van der Waals surface area contributed by atoms with Gasteiger partial charge in [-0.3, -0.25) is 4.79 Å². The molecule has 0 fully saturated rings. The van der Waals surface area contributed by atoms with Crippen LogP contribution in [0.25, 0.3) is 0 Å². The zero-order valence-corrected chi connectivity index (χ0v) is 11.7. The molecule has 2 heterocycles. The van der Waals surface area contributed by atoms with Crippen LogP contribution < -0.4 is 9.47 Å². The summed E-state index contributed by atoms with van der Waals surface area (Å²) >= 11 is 0. The maximum absolute atomic E-state index is 11.6. The van der Waals surface area contributed by atoms with Crippen LogP contribution in [0, 0.1) is 0 Å². The van der Waals surface area contributed by atoms with Crippen molar-refractivity contribution in [2.24, 2.45) is 0 Å². The highest BCUT2D eigenvalue weighted by Gasteiger charge is 2.27. The highest BCUT2D eigenvalue weighted by molar-refractivity contribution is 5.79. The second-order valence-electron chi connectivity index (χ2n) is 4.88. The molecular formula is C15H16N2O4. The lowest BCUT2D eigenvalue weighted by atomic mass is 10.2. The van der Waals surface area contributed by atoms with Gasteiger partial charge in [0.2, 0.25) is 11.7 Å². The second kappa shape index (κ2) is 5.95. The molecule has 110 valence electrons. The van der Waals surface area contributed by atoms with E-state index in [0.717, 1.165) is 6.42 Å². The fourth-order valence-corrected chi connectivity index (χ4v) is 2.15. The van der Waals surface area contributed by atoms with Crippen LogP contribution in [0.3, 0.4) is 0 Å². The van der Waals surface area contributed by atoms with Crippen molar-refractivity contribution in [2.45, 2.75) is 32.3 Å². The van der Waals surface area contributed by atoms with Crippen molar-refractivity contribution in [2.75, 3.05) is 6.61 Å². The third kappa shape index (κ3) is 3.04. The Morgan fingerprint density at radius 2 is 2.14 bits per heavy atom. The molecule has 0 N–H and O–H groups in total. The lowest BCUT2D eigenvalue weighted by Gasteiger charge is -2.24. The van der Waals surface area contributed by atoms with Gasteiger partial charge in [-0.05, 0) is 18.6 Å². The molecule has 0 aliphatic carbocycles. The first-order chi connectivity index (χ1) is 10.3. The Kier molecular flexibility index (Phi) is 3.85. The molecule has 0 spiro atoms. The normalized spacial score (nSPS) is 16.7. The Labute approximate surface area is 122 Å². The van der Waals surface area contributed by atoms with Gasteiger partial charge in [0, 0.05) is 6.42 Å². The van der Waals surface area contributed by atoms with Gasteiger partial charge in [0.1, 0.15) is 12.4 Å². The molecule has 0 bridgehead atoms. The van der Waals surface area contributed by atoms with Gasteiger partial charge < -0.3 is 14.0 Å². The lowest BCUT2D eigenvalue weighted by Crippen LogP contribution is -2.22. The van der Waals surface area contributed by atoms with Crippen molar-refractivity contribution in [3.8, 4) is 11.5 Å². The largest absolute Gasteiger partial charge is 0.485 e. The number of hydrogen-bond acceptors (Lipinski definition) is 6. The number of ether oxygens (including phenoxy) is 2. The van der Waals surface area contributed by atoms with E-state index in [-0.39, 0.29) is 12.2 Å². The van der Waals surface area contributed by atoms with Crippen LogP contribution in [-0.2, 0) is 11.2 Å². The number of Topliss-reactive ketones (excluding diaryl/α,β-unsaturated/α-hetero) is 1. The Morgan fingerprint density at radius 3 is 2.95 bits per heavy atom. The van der Waals surface area contributed by atoms with Gasteiger partial charge >= 0.3 is 0 Å². The fraction of sp³-hybridized carbons (Fsp3) is 0.400. The quantitative estimate of drug-likeness (QED) is 0.841. The first-order valence-corrected chi connectivity index (χ1v) is 6.99. The molecule has 0 amide bonds. The van der Waals surface area contributed by atoms with Crippen molar-refractivity contribution in [3.05, 3.63) is 36.0 Å². The molecule has 21 heavy (non-hydrogen) atoms. The lowest BCUT2D eigenvalue weighted by molar-refractivity contribution is -0.118. The third-order valence-corrected chi connectivity index (χ3v) is 3.16. The smallest absolute Gasteiger partial charge is 0.234 e. The zero-order chi connectivity index (χ0) is 14.7.